The van der Waals surface area contributed by atoms with E-state index in [0.29, 0.717) is 36.3 Å². The van der Waals surface area contributed by atoms with Gasteiger partial charge in [0, 0.05) is 62.0 Å². The summed E-state index contributed by atoms with van der Waals surface area (Å²) in [6.45, 7) is 13.1. The average molecular weight is 532 g/mol. The first-order valence-electron chi connectivity index (χ1n) is 14.1. The Kier molecular flexibility index (Phi) is 7.14. The zero-order valence-corrected chi connectivity index (χ0v) is 24.1. The summed E-state index contributed by atoms with van der Waals surface area (Å²) in [4.78, 5) is 25.3. The lowest BCUT2D eigenvalue weighted by molar-refractivity contribution is -0.130. The first kappa shape index (κ1) is 27.5. The van der Waals surface area contributed by atoms with Crippen LogP contribution < -0.4 is 0 Å². The van der Waals surface area contributed by atoms with Crippen LogP contribution in [0.1, 0.15) is 82.4 Å². The van der Waals surface area contributed by atoms with Gasteiger partial charge in [-0.2, -0.15) is 4.98 Å². The van der Waals surface area contributed by atoms with E-state index in [1.807, 2.05) is 11.0 Å². The predicted molar refractivity (Wildman–Crippen MR) is 150 cm³/mol. The van der Waals surface area contributed by atoms with Gasteiger partial charge < -0.3 is 19.4 Å². The third-order valence-electron chi connectivity index (χ3n) is 9.24. The van der Waals surface area contributed by atoms with E-state index in [-0.39, 0.29) is 16.7 Å². The maximum absolute atomic E-state index is 12.5. The van der Waals surface area contributed by atoms with Crippen LogP contribution in [0.5, 0.6) is 0 Å². The Hall–Kier alpha value is -3.10. The lowest BCUT2D eigenvalue weighted by Gasteiger charge is -2.55. The van der Waals surface area contributed by atoms with Gasteiger partial charge in [-0.1, -0.05) is 57.1 Å². The van der Waals surface area contributed by atoms with Gasteiger partial charge in [0.25, 0.3) is 0 Å². The number of aromatic nitrogens is 3. The van der Waals surface area contributed by atoms with Crippen LogP contribution in [0.25, 0.3) is 11.4 Å². The second kappa shape index (κ2) is 10.1. The third kappa shape index (κ3) is 4.67. The minimum atomic E-state index is -1.24. The van der Waals surface area contributed by atoms with Crippen molar-refractivity contribution >= 4 is 5.91 Å². The molecule has 0 saturated carbocycles. The number of aliphatic hydroxyl groups is 1. The van der Waals surface area contributed by atoms with Crippen molar-refractivity contribution in [2.75, 3.05) is 33.2 Å². The van der Waals surface area contributed by atoms with Gasteiger partial charge >= 0.3 is 0 Å². The van der Waals surface area contributed by atoms with Gasteiger partial charge in [0.2, 0.25) is 17.6 Å². The Labute approximate surface area is 231 Å². The Morgan fingerprint density at radius 1 is 1.13 bits per heavy atom. The van der Waals surface area contributed by atoms with Crippen molar-refractivity contribution < 1.29 is 14.4 Å². The van der Waals surface area contributed by atoms with E-state index in [1.165, 1.54) is 5.56 Å². The number of benzene rings is 1. The molecule has 0 radical (unpaired) electrons. The van der Waals surface area contributed by atoms with Crippen molar-refractivity contribution in [3.63, 3.8) is 0 Å². The molecule has 208 valence electrons. The molecular weight excluding hydrogens is 490 g/mol. The summed E-state index contributed by atoms with van der Waals surface area (Å²) in [5.74, 6) is 1.60. The van der Waals surface area contributed by atoms with Crippen LogP contribution in [0.4, 0.5) is 0 Å². The van der Waals surface area contributed by atoms with E-state index in [1.54, 1.807) is 19.3 Å². The number of nitrogens with zero attached hydrogens (tertiary/aromatic N) is 5. The first-order valence-corrected chi connectivity index (χ1v) is 14.1. The SMILES string of the molecule is CCC1(c2nc(-c3cncc([C@@](O)(c4ccc(C(C)C)cc4)C4(C)CN(C)C4)c3)no2)CCN(C(C)=O)CC1. The van der Waals surface area contributed by atoms with Gasteiger partial charge in [-0.3, -0.25) is 9.78 Å². The van der Waals surface area contributed by atoms with E-state index >= 15 is 0 Å². The van der Waals surface area contributed by atoms with Crippen molar-refractivity contribution in [3.05, 3.63) is 65.3 Å². The Balaban J connectivity index is 1.50. The molecule has 8 heteroatoms. The fourth-order valence-electron chi connectivity index (χ4n) is 6.63. The quantitative estimate of drug-likeness (QED) is 0.471. The zero-order valence-electron chi connectivity index (χ0n) is 24.1. The maximum Gasteiger partial charge on any atom is 0.233 e. The number of carbonyl (C=O) groups is 1. The van der Waals surface area contributed by atoms with E-state index in [0.717, 1.165) is 43.5 Å². The van der Waals surface area contributed by atoms with Crippen molar-refractivity contribution in [1.29, 1.82) is 0 Å². The fraction of sp³-hybridized carbons (Fsp3) is 0.548. The van der Waals surface area contributed by atoms with Crippen LogP contribution in [0.15, 0.2) is 47.2 Å². The monoisotopic (exact) mass is 531 g/mol. The summed E-state index contributed by atoms with van der Waals surface area (Å²) >= 11 is 0. The van der Waals surface area contributed by atoms with Crippen molar-refractivity contribution in [3.8, 4) is 11.4 Å². The van der Waals surface area contributed by atoms with Crippen LogP contribution in [0.2, 0.25) is 0 Å². The van der Waals surface area contributed by atoms with Gasteiger partial charge in [-0.05, 0) is 49.4 Å². The molecule has 0 spiro atoms. The maximum atomic E-state index is 12.5. The number of rotatable bonds is 7. The zero-order chi connectivity index (χ0) is 28.0. The Morgan fingerprint density at radius 3 is 2.36 bits per heavy atom. The number of pyridine rings is 1. The molecule has 5 rings (SSSR count). The van der Waals surface area contributed by atoms with Crippen LogP contribution >= 0.6 is 0 Å². The second-order valence-electron chi connectivity index (χ2n) is 12.2. The van der Waals surface area contributed by atoms with Crippen molar-refractivity contribution in [1.82, 2.24) is 24.9 Å². The summed E-state index contributed by atoms with van der Waals surface area (Å²) < 4.78 is 5.85. The van der Waals surface area contributed by atoms with Crippen LogP contribution in [0.3, 0.4) is 0 Å². The molecule has 4 heterocycles. The van der Waals surface area contributed by atoms with E-state index in [9.17, 15) is 9.90 Å². The highest BCUT2D eigenvalue weighted by atomic mass is 16.5. The molecule has 1 N–H and O–H groups in total. The predicted octanol–water partition coefficient (Wildman–Crippen LogP) is 4.73. The summed E-state index contributed by atoms with van der Waals surface area (Å²) in [6, 6.07) is 10.3. The highest BCUT2D eigenvalue weighted by molar-refractivity contribution is 5.73. The standard InChI is InChI=1S/C31H41N5O3/c1-7-30(12-14-36(15-13-30)22(4)37)28-33-27(34-39-28)24-16-26(18-32-17-24)31(38,29(5)19-35(6)20-29)25-10-8-23(9-11-25)21(2)3/h8-11,16-18,21,38H,7,12-15,19-20H2,1-6H3/t31-/m0/s1. The highest BCUT2D eigenvalue weighted by Gasteiger charge is 2.55. The fourth-order valence-corrected chi connectivity index (χ4v) is 6.63. The minimum absolute atomic E-state index is 0.103. The molecule has 1 atom stereocenters. The number of piperidine rings is 1. The first-order chi connectivity index (χ1) is 18.5. The second-order valence-corrected chi connectivity index (χ2v) is 12.2. The molecule has 0 bridgehead atoms. The summed E-state index contributed by atoms with van der Waals surface area (Å²) in [6.07, 6.45) is 5.93. The number of hydrogen-bond acceptors (Lipinski definition) is 7. The lowest BCUT2D eigenvalue weighted by atomic mass is 9.62. The smallest absolute Gasteiger partial charge is 0.233 e. The molecule has 1 aromatic carbocycles. The molecule has 39 heavy (non-hydrogen) atoms. The highest BCUT2D eigenvalue weighted by Crippen LogP contribution is 2.50. The van der Waals surface area contributed by atoms with Gasteiger partial charge in [0.05, 0.1) is 5.41 Å². The number of carbonyl (C=O) groups excluding carboxylic acids is 1. The normalized spacial score (nSPS) is 20.5. The Bertz CT molecular complexity index is 1320. The van der Waals surface area contributed by atoms with Gasteiger partial charge in [-0.15, -0.1) is 0 Å². The summed E-state index contributed by atoms with van der Waals surface area (Å²) in [5.41, 5.74) is 1.66. The average Bonchev–Trinajstić information content (AvgIpc) is 3.43. The Morgan fingerprint density at radius 2 is 1.79 bits per heavy atom. The number of amides is 1. The third-order valence-corrected chi connectivity index (χ3v) is 9.24. The summed E-state index contributed by atoms with van der Waals surface area (Å²) in [7, 11) is 2.07. The topological polar surface area (TPSA) is 95.6 Å². The molecule has 3 aromatic rings. The molecular formula is C31H41N5O3. The van der Waals surface area contributed by atoms with Crippen LogP contribution in [-0.2, 0) is 15.8 Å². The van der Waals surface area contributed by atoms with Crippen molar-refractivity contribution in [2.45, 2.75) is 70.8 Å². The minimum Gasteiger partial charge on any atom is -0.380 e. The molecule has 0 unspecified atom stereocenters. The molecule has 2 saturated heterocycles. The van der Waals surface area contributed by atoms with Gasteiger partial charge in [0.15, 0.2) is 0 Å². The van der Waals surface area contributed by atoms with E-state index in [4.69, 9.17) is 9.51 Å². The lowest BCUT2D eigenvalue weighted by Crippen LogP contribution is -2.63. The summed E-state index contributed by atoms with van der Waals surface area (Å²) in [5, 5.41) is 16.9. The molecule has 1 amide bonds. The van der Waals surface area contributed by atoms with Crippen LogP contribution in [0, 0.1) is 5.41 Å². The molecule has 2 aromatic heterocycles. The molecule has 0 aliphatic carbocycles. The van der Waals surface area contributed by atoms with E-state index in [2.05, 4.69) is 74.0 Å². The number of likely N-dealkylation sites (tertiary alicyclic amines) is 2. The van der Waals surface area contributed by atoms with E-state index < -0.39 is 5.60 Å². The van der Waals surface area contributed by atoms with Gasteiger partial charge in [0.1, 0.15) is 5.60 Å². The molecule has 2 aliphatic rings. The molecule has 2 fully saturated rings. The largest absolute Gasteiger partial charge is 0.380 e. The van der Waals surface area contributed by atoms with Crippen molar-refractivity contribution in [2.24, 2.45) is 5.41 Å². The van der Waals surface area contributed by atoms with Gasteiger partial charge in [-0.25, -0.2) is 0 Å². The number of hydrogen-bond donors (Lipinski definition) is 1. The van der Waals surface area contributed by atoms with Crippen LogP contribution in [-0.4, -0.2) is 69.2 Å². The molecule has 8 nitrogen and oxygen atoms in total. The molecule has 2 aliphatic heterocycles.